The lowest BCUT2D eigenvalue weighted by molar-refractivity contribution is -0.883. The van der Waals surface area contributed by atoms with Crippen LogP contribution in [0.4, 0.5) is 0 Å². The summed E-state index contributed by atoms with van der Waals surface area (Å²) in [5, 5.41) is 22.9. The number of benzene rings is 2. The molecule has 128 valence electrons. The summed E-state index contributed by atoms with van der Waals surface area (Å²) in [5.41, 5.74) is 2.05. The van der Waals surface area contributed by atoms with E-state index in [0.717, 1.165) is 26.7 Å². The first-order chi connectivity index (χ1) is 11.5. The monoisotopic (exact) mass is 367 g/mol. The molecule has 4 nitrogen and oxygen atoms in total. The van der Waals surface area contributed by atoms with Crippen LogP contribution in [0.25, 0.3) is 21.8 Å². The van der Waals surface area contributed by atoms with Crippen LogP contribution in [0.2, 0.25) is 10.0 Å². The van der Waals surface area contributed by atoms with Gasteiger partial charge in [-0.15, -0.1) is 0 Å². The van der Waals surface area contributed by atoms with Crippen molar-refractivity contribution in [1.29, 1.82) is 0 Å². The molecule has 0 fully saturated rings. The Kier molecular flexibility index (Phi) is 5.33. The largest absolute Gasteiger partial charge is 0.391 e. The SMILES string of the molecule is C[NH+](CCO)C[C@@H](O)Cn1c2ccc(Cl)cc2c2cc(Cl)ccc21. The van der Waals surface area contributed by atoms with Gasteiger partial charge in [-0.3, -0.25) is 0 Å². The van der Waals surface area contributed by atoms with Crippen LogP contribution >= 0.6 is 23.2 Å². The molecule has 1 aromatic heterocycles. The Bertz CT molecular complexity index is 804. The van der Waals surface area contributed by atoms with Crippen LogP contribution < -0.4 is 4.90 Å². The minimum Gasteiger partial charge on any atom is -0.391 e. The number of quaternary nitrogens is 1. The average Bonchev–Trinajstić information content (AvgIpc) is 2.80. The number of likely N-dealkylation sites (N-methyl/N-ethyl adjacent to an activating group) is 1. The maximum Gasteiger partial charge on any atom is 0.121 e. The van der Waals surface area contributed by atoms with Gasteiger partial charge in [0.25, 0.3) is 0 Å². The van der Waals surface area contributed by atoms with Crippen molar-refractivity contribution in [3.05, 3.63) is 46.4 Å². The van der Waals surface area contributed by atoms with Gasteiger partial charge >= 0.3 is 0 Å². The molecule has 6 heteroatoms. The van der Waals surface area contributed by atoms with Crippen LogP contribution in [0.5, 0.6) is 0 Å². The van der Waals surface area contributed by atoms with E-state index in [4.69, 9.17) is 28.3 Å². The predicted molar refractivity (Wildman–Crippen MR) is 99.2 cm³/mol. The Morgan fingerprint density at radius 3 is 2.08 bits per heavy atom. The molecular weight excluding hydrogens is 347 g/mol. The van der Waals surface area contributed by atoms with Crippen molar-refractivity contribution < 1.29 is 15.1 Å². The van der Waals surface area contributed by atoms with Gasteiger partial charge in [0, 0.05) is 31.9 Å². The van der Waals surface area contributed by atoms with Crippen LogP contribution in [0.3, 0.4) is 0 Å². The first kappa shape index (κ1) is 17.5. The lowest BCUT2D eigenvalue weighted by Crippen LogP contribution is -3.10. The van der Waals surface area contributed by atoms with Crippen molar-refractivity contribution in [2.24, 2.45) is 0 Å². The normalized spacial score (nSPS) is 14.4. The van der Waals surface area contributed by atoms with E-state index in [1.807, 2.05) is 43.4 Å². The van der Waals surface area contributed by atoms with Crippen molar-refractivity contribution in [3.63, 3.8) is 0 Å². The molecule has 0 aliphatic carbocycles. The summed E-state index contributed by atoms with van der Waals surface area (Å²) < 4.78 is 2.11. The zero-order valence-corrected chi connectivity index (χ0v) is 15.0. The van der Waals surface area contributed by atoms with E-state index < -0.39 is 6.10 Å². The number of aliphatic hydroxyl groups is 2. The third-order valence-corrected chi connectivity index (χ3v) is 4.78. The molecule has 3 rings (SSSR count). The second-order valence-corrected chi connectivity index (χ2v) is 7.10. The summed E-state index contributed by atoms with van der Waals surface area (Å²) >= 11 is 12.3. The zero-order chi connectivity index (χ0) is 17.3. The zero-order valence-electron chi connectivity index (χ0n) is 13.5. The topological polar surface area (TPSA) is 49.8 Å². The molecular formula is C18H21Cl2N2O2+. The average molecular weight is 368 g/mol. The molecule has 3 N–H and O–H groups in total. The molecule has 0 aliphatic rings. The summed E-state index contributed by atoms with van der Waals surface area (Å²) in [6.07, 6.45) is -0.512. The van der Waals surface area contributed by atoms with Crippen LogP contribution in [0.15, 0.2) is 36.4 Å². The number of aliphatic hydroxyl groups excluding tert-OH is 2. The molecule has 0 saturated heterocycles. The lowest BCUT2D eigenvalue weighted by atomic mass is 10.1. The van der Waals surface area contributed by atoms with Crippen LogP contribution in [0.1, 0.15) is 0 Å². The molecule has 1 unspecified atom stereocenters. The van der Waals surface area contributed by atoms with E-state index in [0.29, 0.717) is 29.7 Å². The fourth-order valence-electron chi connectivity index (χ4n) is 3.22. The van der Waals surface area contributed by atoms with Gasteiger partial charge in [0.2, 0.25) is 0 Å². The molecule has 0 bridgehead atoms. The number of hydrogen-bond acceptors (Lipinski definition) is 2. The quantitative estimate of drug-likeness (QED) is 0.623. The molecule has 0 aliphatic heterocycles. The highest BCUT2D eigenvalue weighted by Crippen LogP contribution is 2.32. The predicted octanol–water partition coefficient (Wildman–Crippen LogP) is 1.97. The highest BCUT2D eigenvalue weighted by atomic mass is 35.5. The molecule has 1 heterocycles. The first-order valence-electron chi connectivity index (χ1n) is 7.97. The molecule has 0 spiro atoms. The second kappa shape index (κ2) is 7.30. The van der Waals surface area contributed by atoms with E-state index >= 15 is 0 Å². The number of halogens is 2. The Morgan fingerprint density at radius 1 is 1.04 bits per heavy atom. The maximum atomic E-state index is 10.5. The molecule has 24 heavy (non-hydrogen) atoms. The van der Waals surface area contributed by atoms with Gasteiger partial charge in [-0.1, -0.05) is 23.2 Å². The van der Waals surface area contributed by atoms with Crippen LogP contribution in [0, 0.1) is 0 Å². The smallest absolute Gasteiger partial charge is 0.121 e. The van der Waals surface area contributed by atoms with Gasteiger partial charge in [-0.05, 0) is 36.4 Å². The number of nitrogens with zero attached hydrogens (tertiary/aromatic N) is 1. The number of hydrogen-bond donors (Lipinski definition) is 3. The number of aromatic nitrogens is 1. The highest BCUT2D eigenvalue weighted by molar-refractivity contribution is 6.33. The van der Waals surface area contributed by atoms with Crippen molar-refractivity contribution in [1.82, 2.24) is 4.57 Å². The Morgan fingerprint density at radius 2 is 1.58 bits per heavy atom. The van der Waals surface area contributed by atoms with Crippen molar-refractivity contribution in [3.8, 4) is 0 Å². The van der Waals surface area contributed by atoms with Gasteiger partial charge in [0.15, 0.2) is 0 Å². The lowest BCUT2D eigenvalue weighted by Gasteiger charge is -2.18. The van der Waals surface area contributed by atoms with E-state index in [1.165, 1.54) is 0 Å². The summed E-state index contributed by atoms with van der Waals surface area (Å²) in [4.78, 5) is 1.09. The second-order valence-electron chi connectivity index (χ2n) is 6.22. The summed E-state index contributed by atoms with van der Waals surface area (Å²) in [6.45, 7) is 1.79. The van der Waals surface area contributed by atoms with Crippen molar-refractivity contribution >= 4 is 45.0 Å². The van der Waals surface area contributed by atoms with Crippen LogP contribution in [-0.2, 0) is 6.54 Å². The fourth-order valence-corrected chi connectivity index (χ4v) is 3.56. The molecule has 0 saturated carbocycles. The summed E-state index contributed by atoms with van der Waals surface area (Å²) in [7, 11) is 1.96. The number of rotatable bonds is 6. The highest BCUT2D eigenvalue weighted by Gasteiger charge is 2.17. The molecule has 2 atom stereocenters. The first-order valence-corrected chi connectivity index (χ1v) is 8.72. The van der Waals surface area contributed by atoms with E-state index in [2.05, 4.69) is 4.57 Å². The maximum absolute atomic E-state index is 10.5. The minimum absolute atomic E-state index is 0.116. The number of nitrogens with one attached hydrogen (secondary N) is 1. The van der Waals surface area contributed by atoms with Gasteiger partial charge in [0.1, 0.15) is 19.2 Å². The van der Waals surface area contributed by atoms with Gasteiger partial charge in [0.05, 0.1) is 20.2 Å². The van der Waals surface area contributed by atoms with E-state index in [-0.39, 0.29) is 6.61 Å². The summed E-state index contributed by atoms with van der Waals surface area (Å²) in [5.74, 6) is 0. The van der Waals surface area contributed by atoms with Gasteiger partial charge in [-0.2, -0.15) is 0 Å². The molecule has 3 aromatic rings. The Hall–Kier alpha value is -1.30. The molecule has 0 radical (unpaired) electrons. The third-order valence-electron chi connectivity index (χ3n) is 4.30. The molecule has 2 aromatic carbocycles. The summed E-state index contributed by atoms with van der Waals surface area (Å²) in [6, 6.07) is 11.5. The minimum atomic E-state index is -0.512. The number of fused-ring (bicyclic) bond motifs is 3. The fraction of sp³-hybridized carbons (Fsp3) is 0.333. The van der Waals surface area contributed by atoms with Crippen molar-refractivity contribution in [2.45, 2.75) is 12.6 Å². The Balaban J connectivity index is 2.02. The third kappa shape index (κ3) is 3.53. The van der Waals surface area contributed by atoms with Crippen LogP contribution in [-0.4, -0.2) is 47.6 Å². The van der Waals surface area contributed by atoms with Gasteiger partial charge < -0.3 is 19.7 Å². The van der Waals surface area contributed by atoms with E-state index in [1.54, 1.807) is 0 Å². The van der Waals surface area contributed by atoms with Gasteiger partial charge in [-0.25, -0.2) is 0 Å². The van der Waals surface area contributed by atoms with E-state index in [9.17, 15) is 5.11 Å². The standard InChI is InChI=1S/C18H20Cl2N2O2/c1-21(6-7-23)10-14(24)11-22-17-4-2-12(19)8-15(17)16-9-13(20)3-5-18(16)22/h2-5,8-9,14,23-24H,6-7,10-11H2,1H3/p+1/t14-/m1/s1. The van der Waals surface area contributed by atoms with Crippen molar-refractivity contribution in [2.75, 3.05) is 26.7 Å². The molecule has 0 amide bonds. The Labute approximate surface area is 150 Å².